The van der Waals surface area contributed by atoms with Crippen molar-refractivity contribution in [2.45, 2.75) is 13.8 Å². The summed E-state index contributed by atoms with van der Waals surface area (Å²) in [5.74, 6) is -0.816. The van der Waals surface area contributed by atoms with Gasteiger partial charge in [-0.25, -0.2) is 4.79 Å². The molecular formula is C9H15NO4. The van der Waals surface area contributed by atoms with E-state index in [2.05, 4.69) is 4.74 Å². The molecule has 0 aliphatic heterocycles. The Bertz CT molecular complexity index is 247. The van der Waals surface area contributed by atoms with Gasteiger partial charge in [0.1, 0.15) is 5.70 Å². The molecule has 0 saturated carbocycles. The maximum Gasteiger partial charge on any atom is 0.333 e. The van der Waals surface area contributed by atoms with Gasteiger partial charge < -0.3 is 4.74 Å². The molecule has 0 atom stereocenters. The van der Waals surface area contributed by atoms with Crippen LogP contribution in [0.2, 0.25) is 0 Å². The van der Waals surface area contributed by atoms with Crippen molar-refractivity contribution in [3.63, 3.8) is 0 Å². The molecule has 5 nitrogen and oxygen atoms in total. The highest BCUT2D eigenvalue weighted by Crippen LogP contribution is 2.03. The molecule has 0 rings (SSSR count). The molecule has 0 radical (unpaired) electrons. The van der Waals surface area contributed by atoms with Gasteiger partial charge in [0.25, 0.3) is 0 Å². The number of allylic oxidation sites excluding steroid dienone is 1. The third-order valence-corrected chi connectivity index (χ3v) is 1.51. The molecule has 0 spiro atoms. The van der Waals surface area contributed by atoms with Gasteiger partial charge in [-0.15, -0.1) is 0 Å². The molecule has 5 heteroatoms. The summed E-state index contributed by atoms with van der Waals surface area (Å²) < 4.78 is 4.67. The first-order valence-corrected chi connectivity index (χ1v) is 4.20. The summed E-state index contributed by atoms with van der Waals surface area (Å²) in [4.78, 5) is 26.9. The summed E-state index contributed by atoms with van der Waals surface area (Å²) >= 11 is 0. The lowest BCUT2D eigenvalue weighted by atomic mass is 10.3. The van der Waals surface area contributed by atoms with Gasteiger partial charge in [-0.05, 0) is 6.92 Å². The first kappa shape index (κ1) is 12.6. The van der Waals surface area contributed by atoms with Crippen LogP contribution in [0.5, 0.6) is 0 Å². The van der Waals surface area contributed by atoms with E-state index in [0.29, 0.717) is 0 Å². The topological polar surface area (TPSA) is 55.8 Å². The number of hydrogen-bond acceptors (Lipinski definition) is 5. The molecule has 0 aromatic rings. The molecule has 0 bridgehead atoms. The van der Waals surface area contributed by atoms with Gasteiger partial charge in [0.2, 0.25) is 0 Å². The van der Waals surface area contributed by atoms with Crippen LogP contribution in [-0.2, 0) is 19.2 Å². The van der Waals surface area contributed by atoms with Gasteiger partial charge in [0.05, 0.1) is 19.8 Å². The number of ketones is 1. The third kappa shape index (κ3) is 4.04. The fraction of sp³-hybridized carbons (Fsp3) is 0.556. The lowest BCUT2D eigenvalue weighted by Gasteiger charge is -2.16. The van der Waals surface area contributed by atoms with Crippen LogP contribution < -0.4 is 0 Å². The second kappa shape index (κ2) is 6.15. The van der Waals surface area contributed by atoms with Crippen LogP contribution in [0.3, 0.4) is 0 Å². The molecule has 14 heavy (non-hydrogen) atoms. The fourth-order valence-corrected chi connectivity index (χ4v) is 0.808. The summed E-state index contributed by atoms with van der Waals surface area (Å²) in [7, 11) is 2.94. The number of nitrogens with zero attached hydrogens (tertiary/aromatic N) is 1. The number of Topliss-reactive ketones (excluding diaryl/α,β-unsaturated/α-hetero) is 1. The zero-order valence-corrected chi connectivity index (χ0v) is 8.86. The van der Waals surface area contributed by atoms with E-state index < -0.39 is 5.97 Å². The quantitative estimate of drug-likeness (QED) is 0.368. The molecule has 80 valence electrons. The van der Waals surface area contributed by atoms with Crippen LogP contribution in [0.15, 0.2) is 11.8 Å². The van der Waals surface area contributed by atoms with Crippen molar-refractivity contribution in [1.82, 2.24) is 5.06 Å². The highest BCUT2D eigenvalue weighted by molar-refractivity contribution is 5.98. The van der Waals surface area contributed by atoms with Crippen molar-refractivity contribution in [2.75, 3.05) is 20.8 Å². The Labute approximate surface area is 83.2 Å². The number of hydroxylamine groups is 2. The van der Waals surface area contributed by atoms with E-state index in [1.807, 2.05) is 0 Å². The second-order valence-corrected chi connectivity index (χ2v) is 2.52. The summed E-state index contributed by atoms with van der Waals surface area (Å²) in [5, 5.41) is 1.21. The minimum atomic E-state index is -0.554. The molecule has 0 unspecified atom stereocenters. The molecule has 0 amide bonds. The van der Waals surface area contributed by atoms with Gasteiger partial charge in [0.15, 0.2) is 5.78 Å². The molecule has 0 aromatic carbocycles. The van der Waals surface area contributed by atoms with Crippen molar-refractivity contribution in [2.24, 2.45) is 0 Å². The van der Waals surface area contributed by atoms with E-state index in [0.717, 1.165) is 6.08 Å². The maximum absolute atomic E-state index is 11.1. The van der Waals surface area contributed by atoms with Crippen LogP contribution in [0.1, 0.15) is 13.8 Å². The molecular weight excluding hydrogens is 186 g/mol. The van der Waals surface area contributed by atoms with Gasteiger partial charge in [-0.3, -0.25) is 14.7 Å². The Morgan fingerprint density at radius 3 is 2.36 bits per heavy atom. The fourth-order valence-electron chi connectivity index (χ4n) is 0.808. The number of esters is 1. The number of likely N-dealkylation sites (N-methyl/N-ethyl adjacent to an activating group) is 1. The average molecular weight is 201 g/mol. The van der Waals surface area contributed by atoms with Gasteiger partial charge in [0, 0.05) is 14.0 Å². The lowest BCUT2D eigenvalue weighted by Crippen LogP contribution is -2.22. The highest BCUT2D eigenvalue weighted by atomic mass is 16.7. The first-order chi connectivity index (χ1) is 6.52. The van der Waals surface area contributed by atoms with Crippen molar-refractivity contribution >= 4 is 11.8 Å². The van der Waals surface area contributed by atoms with E-state index in [-0.39, 0.29) is 18.1 Å². The van der Waals surface area contributed by atoms with E-state index in [1.165, 1.54) is 26.1 Å². The van der Waals surface area contributed by atoms with Crippen molar-refractivity contribution in [3.05, 3.63) is 11.8 Å². The Hall–Kier alpha value is -1.36. The molecule has 0 aromatic heterocycles. The number of carbonyl (C=O) groups excluding carboxylic acids is 2. The average Bonchev–Trinajstić information content (AvgIpc) is 2.13. The van der Waals surface area contributed by atoms with Crippen LogP contribution in [0.25, 0.3) is 0 Å². The van der Waals surface area contributed by atoms with Crippen molar-refractivity contribution in [1.29, 1.82) is 0 Å². The third-order valence-electron chi connectivity index (χ3n) is 1.51. The Morgan fingerprint density at radius 2 is 2.00 bits per heavy atom. The van der Waals surface area contributed by atoms with E-state index in [4.69, 9.17) is 4.84 Å². The molecule has 0 fully saturated rings. The summed E-state index contributed by atoms with van der Waals surface area (Å²) in [6.45, 7) is 3.32. The van der Waals surface area contributed by atoms with Gasteiger partial charge in [-0.2, -0.15) is 0 Å². The highest BCUT2D eigenvalue weighted by Gasteiger charge is 2.12. The van der Waals surface area contributed by atoms with Crippen LogP contribution in [-0.4, -0.2) is 37.6 Å². The first-order valence-electron chi connectivity index (χ1n) is 4.20. The second-order valence-electron chi connectivity index (χ2n) is 2.52. The molecule has 0 N–H and O–H groups in total. The maximum atomic E-state index is 11.1. The number of carbonyl (C=O) groups is 2. The molecule has 0 aliphatic rings. The summed E-state index contributed by atoms with van der Waals surface area (Å²) in [6, 6.07) is 0. The summed E-state index contributed by atoms with van der Waals surface area (Å²) in [6.07, 6.45) is 1.11. The van der Waals surface area contributed by atoms with Crippen LogP contribution in [0, 0.1) is 0 Å². The SMILES string of the molecule is CCOC(=O)/C=C(\C(C)=O)N(C)OC. The van der Waals surface area contributed by atoms with E-state index >= 15 is 0 Å². The number of hydrogen-bond donors (Lipinski definition) is 0. The van der Waals surface area contributed by atoms with Crippen LogP contribution in [0.4, 0.5) is 0 Å². The summed E-state index contributed by atoms with van der Waals surface area (Å²) in [5.41, 5.74) is 0.158. The normalized spacial score (nSPS) is 11.0. The lowest BCUT2D eigenvalue weighted by molar-refractivity contribution is -0.139. The zero-order valence-electron chi connectivity index (χ0n) is 8.86. The monoisotopic (exact) mass is 201 g/mol. The number of rotatable bonds is 5. The van der Waals surface area contributed by atoms with Crippen molar-refractivity contribution < 1.29 is 19.2 Å². The molecule has 0 heterocycles. The van der Waals surface area contributed by atoms with Crippen molar-refractivity contribution in [3.8, 4) is 0 Å². The minimum Gasteiger partial charge on any atom is -0.463 e. The smallest absolute Gasteiger partial charge is 0.333 e. The van der Waals surface area contributed by atoms with Gasteiger partial charge >= 0.3 is 5.97 Å². The van der Waals surface area contributed by atoms with E-state index in [1.54, 1.807) is 6.92 Å². The Balaban J connectivity index is 4.64. The largest absolute Gasteiger partial charge is 0.463 e. The zero-order chi connectivity index (χ0) is 11.1. The predicted octanol–water partition coefficient (Wildman–Crippen LogP) is 0.516. The Kier molecular flexibility index (Phi) is 5.55. The molecule has 0 saturated heterocycles. The predicted molar refractivity (Wildman–Crippen MR) is 50.2 cm³/mol. The Morgan fingerprint density at radius 1 is 1.43 bits per heavy atom. The van der Waals surface area contributed by atoms with Gasteiger partial charge in [-0.1, -0.05) is 0 Å². The minimum absolute atomic E-state index is 0.158. The standard InChI is InChI=1S/C9H15NO4/c1-5-14-9(12)6-8(7(2)11)10(3)13-4/h6H,5H2,1-4H3/b8-6+. The van der Waals surface area contributed by atoms with E-state index in [9.17, 15) is 9.59 Å². The number of ether oxygens (including phenoxy) is 1. The van der Waals surface area contributed by atoms with Crippen LogP contribution >= 0.6 is 0 Å². The molecule has 0 aliphatic carbocycles.